The molecule has 0 aliphatic carbocycles. The summed E-state index contributed by atoms with van der Waals surface area (Å²) in [6.45, 7) is 2.25. The molecule has 0 bridgehead atoms. The molecule has 0 heterocycles. The molecule has 0 N–H and O–H groups in total. The number of hydrogen-bond donors (Lipinski definition) is 0. The Morgan fingerprint density at radius 3 is 1.48 bits per heavy atom. The molecular formula is C22H19I. The van der Waals surface area contributed by atoms with Gasteiger partial charge in [-0.05, 0) is 51.8 Å². The molecule has 1 heteroatoms. The summed E-state index contributed by atoms with van der Waals surface area (Å²) in [5.41, 5.74) is 5.33. The Morgan fingerprint density at radius 2 is 1.04 bits per heavy atom. The van der Waals surface area contributed by atoms with Crippen LogP contribution in [0.4, 0.5) is 0 Å². The maximum absolute atomic E-state index is 2.48. The highest BCUT2D eigenvalue weighted by Crippen LogP contribution is 2.38. The third-order valence-corrected chi connectivity index (χ3v) is 5.55. The Bertz CT molecular complexity index is 734. The lowest BCUT2D eigenvalue weighted by Crippen LogP contribution is -2.04. The minimum absolute atomic E-state index is 0.282. The number of halogens is 1. The van der Waals surface area contributed by atoms with Crippen molar-refractivity contribution in [1.29, 1.82) is 0 Å². The van der Waals surface area contributed by atoms with Crippen molar-refractivity contribution in [2.45, 2.75) is 12.8 Å². The van der Waals surface area contributed by atoms with Crippen LogP contribution in [0.1, 0.15) is 29.5 Å². The van der Waals surface area contributed by atoms with Gasteiger partial charge in [-0.15, -0.1) is 0 Å². The lowest BCUT2D eigenvalue weighted by Gasteiger charge is -2.21. The highest BCUT2D eigenvalue weighted by atomic mass is 127. The molecule has 0 unspecified atom stereocenters. The van der Waals surface area contributed by atoms with Crippen molar-refractivity contribution in [1.82, 2.24) is 0 Å². The van der Waals surface area contributed by atoms with Crippen molar-refractivity contribution < 1.29 is 0 Å². The largest absolute Gasteiger partial charge is 0.0622 e. The van der Waals surface area contributed by atoms with E-state index in [1.54, 1.807) is 0 Å². The zero-order chi connectivity index (χ0) is 16.1. The molecule has 0 aliphatic heterocycles. The van der Waals surface area contributed by atoms with Gasteiger partial charge in [-0.25, -0.2) is 0 Å². The van der Waals surface area contributed by atoms with Crippen molar-refractivity contribution in [3.63, 3.8) is 0 Å². The van der Waals surface area contributed by atoms with E-state index >= 15 is 0 Å². The van der Waals surface area contributed by atoms with Crippen molar-refractivity contribution in [2.75, 3.05) is 0 Å². The normalized spacial score (nSPS) is 12.1. The van der Waals surface area contributed by atoms with Crippen LogP contribution in [0.2, 0.25) is 0 Å². The molecule has 3 aromatic carbocycles. The number of benzene rings is 3. The fourth-order valence-corrected chi connectivity index (χ4v) is 3.59. The molecule has 0 radical (unpaired) electrons. The second kappa shape index (κ2) is 7.60. The van der Waals surface area contributed by atoms with Gasteiger partial charge >= 0.3 is 0 Å². The van der Waals surface area contributed by atoms with Crippen molar-refractivity contribution in [3.8, 4) is 0 Å². The van der Waals surface area contributed by atoms with Crippen LogP contribution in [0.25, 0.3) is 3.58 Å². The maximum Gasteiger partial charge on any atom is 0.0309 e. The van der Waals surface area contributed by atoms with E-state index in [9.17, 15) is 0 Å². The van der Waals surface area contributed by atoms with Gasteiger partial charge in [-0.1, -0.05) is 91.0 Å². The summed E-state index contributed by atoms with van der Waals surface area (Å²) in [6.07, 6.45) is 0. The lowest BCUT2D eigenvalue weighted by molar-refractivity contribution is 0.954. The van der Waals surface area contributed by atoms with Crippen LogP contribution in [0.15, 0.2) is 96.6 Å². The van der Waals surface area contributed by atoms with Crippen LogP contribution in [-0.2, 0) is 0 Å². The van der Waals surface area contributed by atoms with E-state index in [1.165, 1.54) is 25.8 Å². The predicted molar refractivity (Wildman–Crippen MR) is 108 cm³/mol. The topological polar surface area (TPSA) is 0 Å². The van der Waals surface area contributed by atoms with E-state index in [1.807, 2.05) is 0 Å². The van der Waals surface area contributed by atoms with Crippen molar-refractivity contribution in [3.05, 3.63) is 113 Å². The first-order valence-corrected chi connectivity index (χ1v) is 8.87. The molecule has 0 atom stereocenters. The quantitative estimate of drug-likeness (QED) is 0.421. The molecule has 0 saturated carbocycles. The molecule has 0 spiro atoms. The van der Waals surface area contributed by atoms with Crippen LogP contribution < -0.4 is 0 Å². The summed E-state index contributed by atoms with van der Waals surface area (Å²) in [5.74, 6) is 0.282. The van der Waals surface area contributed by atoms with Gasteiger partial charge in [0.15, 0.2) is 0 Å². The minimum atomic E-state index is 0.282. The first-order valence-electron chi connectivity index (χ1n) is 7.79. The summed E-state index contributed by atoms with van der Waals surface area (Å²) < 4.78 is 1.32. The average Bonchev–Trinajstić information content (AvgIpc) is 2.64. The summed E-state index contributed by atoms with van der Waals surface area (Å²) in [4.78, 5) is 0. The number of hydrogen-bond acceptors (Lipinski definition) is 0. The second-order valence-electron chi connectivity index (χ2n) is 5.62. The summed E-state index contributed by atoms with van der Waals surface area (Å²) >= 11 is 2.48. The van der Waals surface area contributed by atoms with Crippen LogP contribution >= 0.6 is 22.6 Å². The number of rotatable bonds is 4. The van der Waals surface area contributed by atoms with Crippen molar-refractivity contribution >= 4 is 26.2 Å². The van der Waals surface area contributed by atoms with Gasteiger partial charge in [-0.3, -0.25) is 0 Å². The Hall–Kier alpha value is -1.87. The zero-order valence-electron chi connectivity index (χ0n) is 13.1. The molecule has 0 saturated heterocycles. The molecule has 0 nitrogen and oxygen atoms in total. The van der Waals surface area contributed by atoms with E-state index in [4.69, 9.17) is 0 Å². The molecular weight excluding hydrogens is 391 g/mol. The Kier molecular flexibility index (Phi) is 5.29. The SMILES string of the molecule is C/C(=C(\I)c1ccccc1)C(c1ccccc1)c1ccccc1. The summed E-state index contributed by atoms with van der Waals surface area (Å²) in [5, 5.41) is 0. The van der Waals surface area contributed by atoms with Gasteiger partial charge in [0.25, 0.3) is 0 Å². The van der Waals surface area contributed by atoms with Gasteiger partial charge in [0, 0.05) is 9.50 Å². The fourth-order valence-electron chi connectivity index (χ4n) is 2.92. The van der Waals surface area contributed by atoms with Crippen LogP contribution in [0, 0.1) is 0 Å². The third-order valence-electron chi connectivity index (χ3n) is 4.07. The first-order chi connectivity index (χ1) is 11.3. The van der Waals surface area contributed by atoms with Gasteiger partial charge in [0.2, 0.25) is 0 Å². The smallest absolute Gasteiger partial charge is 0.0309 e. The Labute approximate surface area is 152 Å². The molecule has 3 aromatic rings. The van der Waals surface area contributed by atoms with Gasteiger partial charge in [-0.2, -0.15) is 0 Å². The lowest BCUT2D eigenvalue weighted by atomic mass is 9.85. The van der Waals surface area contributed by atoms with Crippen molar-refractivity contribution in [2.24, 2.45) is 0 Å². The maximum atomic E-state index is 2.48. The third kappa shape index (κ3) is 3.73. The molecule has 0 amide bonds. The van der Waals surface area contributed by atoms with E-state index in [2.05, 4.69) is 121 Å². The highest BCUT2D eigenvalue weighted by molar-refractivity contribution is 14.1. The Balaban J connectivity index is 2.12. The van der Waals surface area contributed by atoms with Gasteiger partial charge in [0.05, 0.1) is 0 Å². The standard InChI is InChI=1S/C22H19I/c1-17(22(23)20-15-9-4-10-16-20)21(18-11-5-2-6-12-18)19-13-7-3-8-14-19/h2-16,21H,1H3/b22-17+. The summed E-state index contributed by atoms with van der Waals surface area (Å²) in [7, 11) is 0. The molecule has 23 heavy (non-hydrogen) atoms. The average molecular weight is 410 g/mol. The number of allylic oxidation sites excluding steroid dienone is 1. The minimum Gasteiger partial charge on any atom is -0.0622 e. The van der Waals surface area contributed by atoms with E-state index in [0.29, 0.717) is 0 Å². The molecule has 114 valence electrons. The zero-order valence-corrected chi connectivity index (χ0v) is 15.3. The van der Waals surface area contributed by atoms with Crippen LogP contribution in [-0.4, -0.2) is 0 Å². The predicted octanol–water partition coefficient (Wildman–Crippen LogP) is 6.68. The van der Waals surface area contributed by atoms with E-state index < -0.39 is 0 Å². The molecule has 0 fully saturated rings. The van der Waals surface area contributed by atoms with E-state index in [0.717, 1.165) is 0 Å². The van der Waals surface area contributed by atoms with Crippen LogP contribution in [0.3, 0.4) is 0 Å². The molecule has 0 aromatic heterocycles. The highest BCUT2D eigenvalue weighted by Gasteiger charge is 2.18. The van der Waals surface area contributed by atoms with Gasteiger partial charge in [0.1, 0.15) is 0 Å². The summed E-state index contributed by atoms with van der Waals surface area (Å²) in [6, 6.07) is 32.1. The Morgan fingerprint density at radius 1 is 0.652 bits per heavy atom. The van der Waals surface area contributed by atoms with Crippen LogP contribution in [0.5, 0.6) is 0 Å². The second-order valence-corrected chi connectivity index (χ2v) is 6.70. The molecule has 3 rings (SSSR count). The van der Waals surface area contributed by atoms with E-state index in [-0.39, 0.29) is 5.92 Å². The monoisotopic (exact) mass is 410 g/mol. The van der Waals surface area contributed by atoms with Gasteiger partial charge < -0.3 is 0 Å². The fraction of sp³-hybridized carbons (Fsp3) is 0.0909. The molecule has 0 aliphatic rings. The first kappa shape index (κ1) is 16.0.